The van der Waals surface area contributed by atoms with Crippen LogP contribution in [0.25, 0.3) is 0 Å². The number of rotatable bonds is 2. The molecule has 1 N–H and O–H groups in total. The summed E-state index contributed by atoms with van der Waals surface area (Å²) in [5, 5.41) is 12.2. The molecule has 0 unspecified atom stereocenters. The number of hydrogen-bond donors (Lipinski definition) is 1. The number of nitrogens with zero attached hydrogens (tertiary/aromatic N) is 1. The minimum absolute atomic E-state index is 0.145. The highest BCUT2D eigenvalue weighted by Gasteiger charge is 2.39. The monoisotopic (exact) mass is 354 g/mol. The molecule has 1 amide bonds. The van der Waals surface area contributed by atoms with E-state index in [4.69, 9.17) is 0 Å². The molecular formula is C14H15IN2O. The van der Waals surface area contributed by atoms with Crippen LogP contribution in [0.4, 0.5) is 5.69 Å². The SMILES string of the molecule is N#CC1(C(=O)Nc2ccccc2I)CCCCC1. The molecule has 0 radical (unpaired) electrons. The Bertz CT molecular complexity index is 487. The number of anilines is 1. The first kappa shape index (κ1) is 13.3. The molecule has 18 heavy (non-hydrogen) atoms. The Morgan fingerprint density at radius 3 is 2.56 bits per heavy atom. The zero-order valence-electron chi connectivity index (χ0n) is 10.1. The maximum atomic E-state index is 12.3. The molecule has 2 rings (SSSR count). The molecule has 0 atom stereocenters. The van der Waals surface area contributed by atoms with Crippen LogP contribution >= 0.6 is 22.6 Å². The lowest BCUT2D eigenvalue weighted by Crippen LogP contribution is -2.36. The second-order valence-electron chi connectivity index (χ2n) is 4.69. The van der Waals surface area contributed by atoms with Gasteiger partial charge in [0.05, 0.1) is 11.8 Å². The van der Waals surface area contributed by atoms with E-state index in [2.05, 4.69) is 34.0 Å². The molecule has 1 aromatic rings. The number of amides is 1. The second kappa shape index (κ2) is 5.70. The van der Waals surface area contributed by atoms with Gasteiger partial charge in [-0.2, -0.15) is 5.26 Å². The van der Waals surface area contributed by atoms with Crippen LogP contribution in [0.1, 0.15) is 32.1 Å². The maximum Gasteiger partial charge on any atom is 0.244 e. The molecule has 1 aromatic carbocycles. The van der Waals surface area contributed by atoms with Crippen molar-refractivity contribution in [2.24, 2.45) is 5.41 Å². The maximum absolute atomic E-state index is 12.3. The summed E-state index contributed by atoms with van der Waals surface area (Å²) in [5.41, 5.74) is -0.0275. The Kier molecular flexibility index (Phi) is 4.23. The first-order valence-electron chi connectivity index (χ1n) is 6.15. The van der Waals surface area contributed by atoms with E-state index in [0.29, 0.717) is 12.8 Å². The van der Waals surface area contributed by atoms with Crippen LogP contribution < -0.4 is 5.32 Å². The summed E-state index contributed by atoms with van der Waals surface area (Å²) in [5.74, 6) is -0.145. The highest BCUT2D eigenvalue weighted by Crippen LogP contribution is 2.37. The van der Waals surface area contributed by atoms with Gasteiger partial charge in [0.15, 0.2) is 0 Å². The van der Waals surface area contributed by atoms with Crippen LogP contribution in [0.2, 0.25) is 0 Å². The van der Waals surface area contributed by atoms with Crippen molar-refractivity contribution < 1.29 is 4.79 Å². The van der Waals surface area contributed by atoms with Crippen molar-refractivity contribution in [2.75, 3.05) is 5.32 Å². The fourth-order valence-corrected chi connectivity index (χ4v) is 2.87. The lowest BCUT2D eigenvalue weighted by Gasteiger charge is -2.29. The number of nitriles is 1. The molecule has 94 valence electrons. The number of carbonyl (C=O) groups is 1. The van der Waals surface area contributed by atoms with Crippen LogP contribution in [-0.2, 0) is 4.79 Å². The van der Waals surface area contributed by atoms with Gasteiger partial charge in [0.2, 0.25) is 5.91 Å². The van der Waals surface area contributed by atoms with Crippen molar-refractivity contribution >= 4 is 34.2 Å². The minimum atomic E-state index is -0.822. The van der Waals surface area contributed by atoms with E-state index in [1.807, 2.05) is 24.3 Å². The Hall–Kier alpha value is -1.09. The second-order valence-corrected chi connectivity index (χ2v) is 5.85. The highest BCUT2D eigenvalue weighted by atomic mass is 127. The van der Waals surface area contributed by atoms with Gasteiger partial charge in [0, 0.05) is 3.57 Å². The van der Waals surface area contributed by atoms with E-state index in [-0.39, 0.29) is 5.91 Å². The van der Waals surface area contributed by atoms with Crippen molar-refractivity contribution in [1.82, 2.24) is 0 Å². The predicted molar refractivity (Wildman–Crippen MR) is 78.9 cm³/mol. The molecule has 1 fully saturated rings. The molecular weight excluding hydrogens is 339 g/mol. The van der Waals surface area contributed by atoms with Crippen LogP contribution in [0.5, 0.6) is 0 Å². The number of carbonyl (C=O) groups excluding carboxylic acids is 1. The van der Waals surface area contributed by atoms with E-state index in [0.717, 1.165) is 28.5 Å². The van der Waals surface area contributed by atoms with E-state index >= 15 is 0 Å². The quantitative estimate of drug-likeness (QED) is 0.824. The summed E-state index contributed by atoms with van der Waals surface area (Å²) >= 11 is 2.18. The lowest BCUT2D eigenvalue weighted by atomic mass is 9.74. The third-order valence-electron chi connectivity index (χ3n) is 3.48. The Balaban J connectivity index is 2.16. The summed E-state index contributed by atoms with van der Waals surface area (Å²) in [7, 11) is 0. The lowest BCUT2D eigenvalue weighted by molar-refractivity contribution is -0.124. The van der Waals surface area contributed by atoms with Gasteiger partial charge in [-0.3, -0.25) is 4.79 Å². The number of benzene rings is 1. The Morgan fingerprint density at radius 2 is 1.94 bits per heavy atom. The summed E-state index contributed by atoms with van der Waals surface area (Å²) < 4.78 is 0.993. The summed E-state index contributed by atoms with van der Waals surface area (Å²) in [6.07, 6.45) is 4.41. The van der Waals surface area contributed by atoms with Crippen molar-refractivity contribution in [3.05, 3.63) is 27.8 Å². The Labute approximate surface area is 121 Å². The number of nitrogens with one attached hydrogen (secondary N) is 1. The van der Waals surface area contributed by atoms with Crippen LogP contribution in [0.3, 0.4) is 0 Å². The first-order chi connectivity index (χ1) is 8.68. The van der Waals surface area contributed by atoms with Gasteiger partial charge in [-0.25, -0.2) is 0 Å². The standard InChI is InChI=1S/C14H15IN2O/c15-11-6-2-3-7-12(11)17-13(18)14(10-16)8-4-1-5-9-14/h2-3,6-7H,1,4-5,8-9H2,(H,17,18). The number of halogens is 1. The fraction of sp³-hybridized carbons (Fsp3) is 0.429. The third-order valence-corrected chi connectivity index (χ3v) is 4.42. The van der Waals surface area contributed by atoms with Gasteiger partial charge < -0.3 is 5.32 Å². The van der Waals surface area contributed by atoms with Crippen molar-refractivity contribution in [2.45, 2.75) is 32.1 Å². The largest absolute Gasteiger partial charge is 0.324 e. The Morgan fingerprint density at radius 1 is 1.28 bits per heavy atom. The molecule has 0 bridgehead atoms. The van der Waals surface area contributed by atoms with E-state index in [1.165, 1.54) is 0 Å². The van der Waals surface area contributed by atoms with Gasteiger partial charge in [0.25, 0.3) is 0 Å². The third kappa shape index (κ3) is 2.66. The zero-order chi connectivity index (χ0) is 13.0. The van der Waals surface area contributed by atoms with E-state index in [9.17, 15) is 10.1 Å². The van der Waals surface area contributed by atoms with Crippen LogP contribution in [0.15, 0.2) is 24.3 Å². The molecule has 0 aromatic heterocycles. The topological polar surface area (TPSA) is 52.9 Å². The average Bonchev–Trinajstić information content (AvgIpc) is 2.42. The normalized spacial score (nSPS) is 17.8. The van der Waals surface area contributed by atoms with Crippen LogP contribution in [-0.4, -0.2) is 5.91 Å². The van der Waals surface area contributed by atoms with Crippen molar-refractivity contribution in [3.63, 3.8) is 0 Å². The molecule has 1 saturated carbocycles. The summed E-state index contributed by atoms with van der Waals surface area (Å²) in [4.78, 5) is 12.3. The zero-order valence-corrected chi connectivity index (χ0v) is 12.2. The molecule has 0 aliphatic heterocycles. The highest BCUT2D eigenvalue weighted by molar-refractivity contribution is 14.1. The van der Waals surface area contributed by atoms with Crippen molar-refractivity contribution in [1.29, 1.82) is 5.26 Å². The molecule has 0 saturated heterocycles. The van der Waals surface area contributed by atoms with Gasteiger partial charge in [-0.15, -0.1) is 0 Å². The van der Waals surface area contributed by atoms with Gasteiger partial charge in [0.1, 0.15) is 5.41 Å². The molecule has 0 spiro atoms. The predicted octanol–water partition coefficient (Wildman–Crippen LogP) is 3.70. The number of hydrogen-bond acceptors (Lipinski definition) is 2. The molecule has 0 heterocycles. The van der Waals surface area contributed by atoms with Gasteiger partial charge in [-0.1, -0.05) is 31.4 Å². The first-order valence-corrected chi connectivity index (χ1v) is 7.23. The average molecular weight is 354 g/mol. The molecule has 1 aliphatic rings. The minimum Gasteiger partial charge on any atom is -0.324 e. The fourth-order valence-electron chi connectivity index (χ4n) is 2.35. The molecule has 3 nitrogen and oxygen atoms in total. The molecule has 4 heteroatoms. The van der Waals surface area contributed by atoms with E-state index in [1.54, 1.807) is 0 Å². The van der Waals surface area contributed by atoms with E-state index < -0.39 is 5.41 Å². The van der Waals surface area contributed by atoms with Crippen LogP contribution in [0, 0.1) is 20.3 Å². The summed E-state index contributed by atoms with van der Waals surface area (Å²) in [6, 6.07) is 9.87. The smallest absolute Gasteiger partial charge is 0.244 e. The van der Waals surface area contributed by atoms with Gasteiger partial charge in [-0.05, 0) is 47.6 Å². The summed E-state index contributed by atoms with van der Waals surface area (Å²) in [6.45, 7) is 0. The van der Waals surface area contributed by atoms with Gasteiger partial charge >= 0.3 is 0 Å². The van der Waals surface area contributed by atoms with Crippen molar-refractivity contribution in [3.8, 4) is 6.07 Å². The molecule has 1 aliphatic carbocycles. The number of para-hydroxylation sites is 1.